The van der Waals surface area contributed by atoms with Gasteiger partial charge in [0.15, 0.2) is 0 Å². The van der Waals surface area contributed by atoms with E-state index in [1.807, 2.05) is 0 Å². The third-order valence-corrected chi connectivity index (χ3v) is 6.59. The zero-order valence-electron chi connectivity index (χ0n) is 17.6. The third kappa shape index (κ3) is 6.48. The molecule has 1 saturated heterocycles. The van der Waals surface area contributed by atoms with Crippen molar-refractivity contribution in [3.63, 3.8) is 0 Å². The van der Waals surface area contributed by atoms with Crippen LogP contribution in [0.1, 0.15) is 28.8 Å². The first kappa shape index (κ1) is 23.6. The molecule has 2 aromatic rings. The summed E-state index contributed by atoms with van der Waals surface area (Å²) in [4.78, 5) is 26.8. The van der Waals surface area contributed by atoms with Crippen molar-refractivity contribution in [3.8, 4) is 0 Å². The Morgan fingerprint density at radius 3 is 2.28 bits per heavy atom. The fourth-order valence-electron chi connectivity index (χ4n) is 3.50. The van der Waals surface area contributed by atoms with Gasteiger partial charge < -0.3 is 10.2 Å². The van der Waals surface area contributed by atoms with Gasteiger partial charge in [-0.1, -0.05) is 18.2 Å². The van der Waals surface area contributed by atoms with E-state index >= 15 is 0 Å². The van der Waals surface area contributed by atoms with Crippen molar-refractivity contribution in [1.29, 1.82) is 0 Å². The first-order chi connectivity index (χ1) is 15.3. The molecular weight excluding hydrogens is 433 g/mol. The second-order valence-electron chi connectivity index (χ2n) is 7.66. The van der Waals surface area contributed by atoms with Gasteiger partial charge in [-0.3, -0.25) is 9.59 Å². The van der Waals surface area contributed by atoms with Crippen molar-refractivity contribution in [1.82, 2.24) is 9.62 Å². The number of piperidine rings is 1. The number of rotatable bonds is 8. The summed E-state index contributed by atoms with van der Waals surface area (Å²) in [6.07, 6.45) is 2.54. The van der Waals surface area contributed by atoms with Crippen LogP contribution < -0.4 is 10.0 Å². The lowest BCUT2D eigenvalue weighted by Gasteiger charge is -2.31. The van der Waals surface area contributed by atoms with Crippen LogP contribution in [0, 0.1) is 11.7 Å². The van der Waals surface area contributed by atoms with Crippen LogP contribution in [0.3, 0.4) is 0 Å². The van der Waals surface area contributed by atoms with Crippen LogP contribution in [-0.2, 0) is 20.6 Å². The van der Waals surface area contributed by atoms with Gasteiger partial charge in [0.25, 0.3) is 5.91 Å². The topological polar surface area (TPSA) is 95.6 Å². The van der Waals surface area contributed by atoms with E-state index in [0.717, 1.165) is 0 Å². The minimum Gasteiger partial charge on any atom is -0.339 e. The monoisotopic (exact) mass is 459 g/mol. The predicted molar refractivity (Wildman–Crippen MR) is 121 cm³/mol. The highest BCUT2D eigenvalue weighted by Gasteiger charge is 2.28. The molecule has 0 atom stereocenters. The van der Waals surface area contributed by atoms with Crippen molar-refractivity contribution in [2.75, 3.05) is 25.0 Å². The molecule has 0 unspecified atom stereocenters. The normalized spacial score (nSPS) is 14.7. The summed E-state index contributed by atoms with van der Waals surface area (Å²) in [5.41, 5.74) is 1.61. The van der Waals surface area contributed by atoms with Gasteiger partial charge in [-0.25, -0.2) is 17.5 Å². The largest absolute Gasteiger partial charge is 0.339 e. The Labute approximate surface area is 187 Å². The zero-order valence-corrected chi connectivity index (χ0v) is 18.4. The molecule has 1 aliphatic heterocycles. The summed E-state index contributed by atoms with van der Waals surface area (Å²) in [7, 11) is -3.44. The van der Waals surface area contributed by atoms with Gasteiger partial charge in [-0.2, -0.15) is 0 Å². The maximum atomic E-state index is 13.0. The Morgan fingerprint density at radius 2 is 1.69 bits per heavy atom. The number of carbonyl (C=O) groups is 2. The molecule has 0 saturated carbocycles. The molecule has 2 N–H and O–H groups in total. The third-order valence-electron chi connectivity index (χ3n) is 5.27. The van der Waals surface area contributed by atoms with Crippen molar-refractivity contribution in [2.45, 2.75) is 18.6 Å². The zero-order chi connectivity index (χ0) is 23.1. The maximum absolute atomic E-state index is 13.0. The minimum atomic E-state index is -3.44. The average molecular weight is 460 g/mol. The Kier molecular flexibility index (Phi) is 7.76. The Hall–Kier alpha value is -3.04. The van der Waals surface area contributed by atoms with Crippen molar-refractivity contribution >= 4 is 27.5 Å². The van der Waals surface area contributed by atoms with Crippen LogP contribution in [0.15, 0.2) is 61.2 Å². The molecule has 1 fully saturated rings. The number of benzene rings is 2. The van der Waals surface area contributed by atoms with Gasteiger partial charge in [0, 0.05) is 36.8 Å². The molecule has 3 rings (SSSR count). The van der Waals surface area contributed by atoms with Crippen LogP contribution in [0.4, 0.5) is 10.1 Å². The molecule has 2 amide bonds. The number of amides is 2. The average Bonchev–Trinajstić information content (AvgIpc) is 2.79. The second kappa shape index (κ2) is 10.5. The summed E-state index contributed by atoms with van der Waals surface area (Å²) in [6, 6.07) is 12.1. The number of hydrogen-bond donors (Lipinski definition) is 2. The van der Waals surface area contributed by atoms with Gasteiger partial charge >= 0.3 is 0 Å². The number of carbonyl (C=O) groups excluding carboxylic acids is 2. The number of likely N-dealkylation sites (tertiary alicyclic amines) is 1. The SMILES string of the molecule is C=CCNS(=O)(=O)Cc1ccc(NC(=O)C2CCN(C(=O)c3ccc(F)cc3)CC2)cc1. The summed E-state index contributed by atoms with van der Waals surface area (Å²) >= 11 is 0. The molecule has 2 aromatic carbocycles. The van der Waals surface area contributed by atoms with E-state index in [1.165, 1.54) is 30.3 Å². The first-order valence-electron chi connectivity index (χ1n) is 10.3. The molecule has 1 heterocycles. The molecule has 32 heavy (non-hydrogen) atoms. The molecule has 170 valence electrons. The smallest absolute Gasteiger partial charge is 0.253 e. The lowest BCUT2D eigenvalue weighted by Crippen LogP contribution is -2.41. The molecule has 0 aliphatic carbocycles. The first-order valence-corrected chi connectivity index (χ1v) is 12.0. The van der Waals surface area contributed by atoms with E-state index in [2.05, 4.69) is 16.6 Å². The number of hydrogen-bond acceptors (Lipinski definition) is 4. The second-order valence-corrected chi connectivity index (χ2v) is 9.46. The summed E-state index contributed by atoms with van der Waals surface area (Å²) in [5.74, 6) is -1.08. The van der Waals surface area contributed by atoms with Gasteiger partial charge in [-0.05, 0) is 54.8 Å². The van der Waals surface area contributed by atoms with Crippen LogP contribution in [0.25, 0.3) is 0 Å². The van der Waals surface area contributed by atoms with E-state index in [1.54, 1.807) is 29.2 Å². The van der Waals surface area contributed by atoms with E-state index in [4.69, 9.17) is 0 Å². The Morgan fingerprint density at radius 1 is 1.06 bits per heavy atom. The minimum absolute atomic E-state index is 0.132. The molecule has 0 bridgehead atoms. The van der Waals surface area contributed by atoms with E-state index in [9.17, 15) is 22.4 Å². The summed E-state index contributed by atoms with van der Waals surface area (Å²) in [6.45, 7) is 4.54. The molecule has 0 spiro atoms. The molecule has 9 heteroatoms. The highest BCUT2D eigenvalue weighted by molar-refractivity contribution is 7.88. The molecule has 7 nitrogen and oxygen atoms in total. The van der Waals surface area contributed by atoms with E-state index in [-0.39, 0.29) is 30.0 Å². The predicted octanol–water partition coefficient (Wildman–Crippen LogP) is 2.92. The summed E-state index contributed by atoms with van der Waals surface area (Å²) in [5, 5.41) is 2.86. The molecular formula is C23H26FN3O4S. The lowest BCUT2D eigenvalue weighted by atomic mass is 9.95. The molecule has 0 aromatic heterocycles. The standard InChI is InChI=1S/C23H26FN3O4S/c1-2-13-25-32(30,31)16-17-3-9-21(10-4-17)26-22(28)18-11-14-27(15-12-18)23(29)19-5-7-20(24)8-6-19/h2-10,18,25H,1,11-16H2,(H,26,28). The highest BCUT2D eigenvalue weighted by Crippen LogP contribution is 2.21. The van der Waals surface area contributed by atoms with Gasteiger partial charge in [-0.15, -0.1) is 6.58 Å². The van der Waals surface area contributed by atoms with Crippen molar-refractivity contribution in [3.05, 3.63) is 78.1 Å². The highest BCUT2D eigenvalue weighted by atomic mass is 32.2. The number of nitrogens with zero attached hydrogens (tertiary/aromatic N) is 1. The van der Waals surface area contributed by atoms with Gasteiger partial charge in [0.05, 0.1) is 5.75 Å². The number of halogens is 1. The van der Waals surface area contributed by atoms with Crippen LogP contribution >= 0.6 is 0 Å². The van der Waals surface area contributed by atoms with E-state index < -0.39 is 15.8 Å². The van der Waals surface area contributed by atoms with Crippen LogP contribution in [-0.4, -0.2) is 44.8 Å². The van der Waals surface area contributed by atoms with E-state index in [0.29, 0.717) is 42.7 Å². The Balaban J connectivity index is 1.50. The quantitative estimate of drug-likeness (QED) is 0.594. The van der Waals surface area contributed by atoms with Crippen molar-refractivity contribution in [2.24, 2.45) is 5.92 Å². The lowest BCUT2D eigenvalue weighted by molar-refractivity contribution is -0.121. The Bertz CT molecular complexity index is 1060. The number of nitrogens with one attached hydrogen (secondary N) is 2. The van der Waals surface area contributed by atoms with Crippen LogP contribution in [0.5, 0.6) is 0 Å². The fourth-order valence-corrected chi connectivity index (χ4v) is 4.61. The number of sulfonamides is 1. The van der Waals surface area contributed by atoms with Crippen LogP contribution in [0.2, 0.25) is 0 Å². The van der Waals surface area contributed by atoms with Gasteiger partial charge in [0.2, 0.25) is 15.9 Å². The molecule has 0 radical (unpaired) electrons. The summed E-state index contributed by atoms with van der Waals surface area (Å²) < 4.78 is 39.3. The van der Waals surface area contributed by atoms with Gasteiger partial charge in [0.1, 0.15) is 5.82 Å². The number of anilines is 1. The van der Waals surface area contributed by atoms with Crippen molar-refractivity contribution < 1.29 is 22.4 Å². The fraction of sp³-hybridized carbons (Fsp3) is 0.304. The maximum Gasteiger partial charge on any atom is 0.253 e. The molecule has 1 aliphatic rings.